The van der Waals surface area contributed by atoms with Crippen molar-refractivity contribution in [2.24, 2.45) is 5.16 Å². The molecule has 0 heterocycles. The minimum absolute atomic E-state index is 0.0141. The van der Waals surface area contributed by atoms with Crippen LogP contribution in [-0.2, 0) is 14.1 Å². The molecule has 0 atom stereocenters. The first-order valence-electron chi connectivity index (χ1n) is 4.93. The third-order valence-corrected chi connectivity index (χ3v) is 2.01. The van der Waals surface area contributed by atoms with E-state index in [1.165, 1.54) is 6.92 Å². The fourth-order valence-electron chi connectivity index (χ4n) is 0.873. The van der Waals surface area contributed by atoms with Gasteiger partial charge in [0.05, 0.1) is 12.1 Å². The SMILES string of the molecule is CC(=O)CC(=O)C/C(C)=N/O[Si](C)(C)C. The Kier molecular flexibility index (Phi) is 5.42. The van der Waals surface area contributed by atoms with Crippen LogP contribution in [0.2, 0.25) is 19.6 Å². The van der Waals surface area contributed by atoms with Crippen LogP contribution < -0.4 is 0 Å². The number of rotatable bonds is 6. The lowest BCUT2D eigenvalue weighted by Gasteiger charge is -2.13. The second-order valence-electron chi connectivity index (χ2n) is 4.62. The Morgan fingerprint density at radius 2 is 1.67 bits per heavy atom. The van der Waals surface area contributed by atoms with Crippen LogP contribution in [0.3, 0.4) is 0 Å². The van der Waals surface area contributed by atoms with Crippen molar-refractivity contribution in [3.8, 4) is 0 Å². The monoisotopic (exact) mass is 229 g/mol. The normalized spacial score (nSPS) is 12.5. The first-order valence-corrected chi connectivity index (χ1v) is 8.34. The van der Waals surface area contributed by atoms with Gasteiger partial charge in [0.2, 0.25) is 0 Å². The molecule has 0 aromatic heterocycles. The lowest BCUT2D eigenvalue weighted by Crippen LogP contribution is -2.23. The highest BCUT2D eigenvalue weighted by Crippen LogP contribution is 2.04. The third kappa shape index (κ3) is 9.33. The van der Waals surface area contributed by atoms with E-state index in [0.717, 1.165) is 0 Å². The van der Waals surface area contributed by atoms with Crippen molar-refractivity contribution >= 4 is 25.6 Å². The number of hydrogen-bond acceptors (Lipinski definition) is 4. The van der Waals surface area contributed by atoms with E-state index in [4.69, 9.17) is 4.53 Å². The first kappa shape index (κ1) is 14.0. The summed E-state index contributed by atoms with van der Waals surface area (Å²) in [7, 11) is -1.67. The summed E-state index contributed by atoms with van der Waals surface area (Å²) in [5, 5.41) is 3.89. The van der Waals surface area contributed by atoms with Crippen LogP contribution >= 0.6 is 0 Å². The van der Waals surface area contributed by atoms with Crippen LogP contribution in [0.15, 0.2) is 5.16 Å². The van der Waals surface area contributed by atoms with Crippen LogP contribution in [0.5, 0.6) is 0 Å². The summed E-state index contributed by atoms with van der Waals surface area (Å²) >= 11 is 0. The summed E-state index contributed by atoms with van der Waals surface area (Å²) in [5.74, 6) is -0.221. The van der Waals surface area contributed by atoms with Crippen LogP contribution in [0, 0.1) is 0 Å². The lowest BCUT2D eigenvalue weighted by molar-refractivity contribution is -0.125. The Balaban J connectivity index is 4.07. The van der Waals surface area contributed by atoms with Gasteiger partial charge in [0, 0.05) is 6.42 Å². The Hall–Kier alpha value is -0.973. The summed E-state index contributed by atoms with van der Waals surface area (Å²) in [5.41, 5.74) is 0.628. The second-order valence-corrected chi connectivity index (χ2v) is 9.03. The molecule has 0 unspecified atom stereocenters. The van der Waals surface area contributed by atoms with E-state index in [1.807, 2.05) is 19.6 Å². The number of nitrogens with zero attached hydrogens (tertiary/aromatic N) is 1. The van der Waals surface area contributed by atoms with E-state index in [0.29, 0.717) is 5.71 Å². The van der Waals surface area contributed by atoms with E-state index in [1.54, 1.807) is 6.92 Å². The molecule has 0 radical (unpaired) electrons. The van der Waals surface area contributed by atoms with Gasteiger partial charge in [0.15, 0.2) is 0 Å². The summed E-state index contributed by atoms with van der Waals surface area (Å²) in [6.07, 6.45) is 0.184. The molecule has 0 N–H and O–H groups in total. The highest BCUT2D eigenvalue weighted by molar-refractivity contribution is 6.69. The third-order valence-electron chi connectivity index (χ3n) is 1.37. The molecule has 0 saturated carbocycles. The van der Waals surface area contributed by atoms with Crippen LogP contribution in [0.1, 0.15) is 26.7 Å². The average Bonchev–Trinajstić information content (AvgIpc) is 1.97. The zero-order chi connectivity index (χ0) is 12.1. The van der Waals surface area contributed by atoms with Crippen molar-refractivity contribution in [1.82, 2.24) is 0 Å². The molecule has 4 nitrogen and oxygen atoms in total. The van der Waals surface area contributed by atoms with E-state index in [2.05, 4.69) is 5.16 Å². The van der Waals surface area contributed by atoms with Gasteiger partial charge in [-0.05, 0) is 33.5 Å². The number of oxime groups is 1. The smallest absolute Gasteiger partial charge is 0.278 e. The van der Waals surface area contributed by atoms with Gasteiger partial charge in [0.1, 0.15) is 11.6 Å². The number of carbonyl (C=O) groups is 2. The van der Waals surface area contributed by atoms with Gasteiger partial charge in [-0.25, -0.2) is 0 Å². The highest BCUT2D eigenvalue weighted by atomic mass is 28.4. The standard InChI is InChI=1S/C10H19NO3Si/c1-8(11-14-15(3,4)5)6-10(13)7-9(2)12/h6-7H2,1-5H3/b11-8+. The molecule has 86 valence electrons. The van der Waals surface area contributed by atoms with Crippen molar-refractivity contribution in [3.63, 3.8) is 0 Å². The maximum atomic E-state index is 11.2. The molecule has 15 heavy (non-hydrogen) atoms. The first-order chi connectivity index (χ1) is 6.70. The summed E-state index contributed by atoms with van der Waals surface area (Å²) in [6, 6.07) is 0. The van der Waals surface area contributed by atoms with Crippen molar-refractivity contribution in [3.05, 3.63) is 0 Å². The molecule has 0 aromatic carbocycles. The molecule has 0 spiro atoms. The molecule has 5 heteroatoms. The van der Waals surface area contributed by atoms with Crippen LogP contribution in [-0.4, -0.2) is 25.6 Å². The molecule has 0 saturated heterocycles. The van der Waals surface area contributed by atoms with Gasteiger partial charge in [0.25, 0.3) is 8.32 Å². The van der Waals surface area contributed by atoms with Crippen molar-refractivity contribution in [2.75, 3.05) is 0 Å². The minimum atomic E-state index is -1.67. The summed E-state index contributed by atoms with van der Waals surface area (Å²) < 4.78 is 5.29. The molecular formula is C10H19NO3Si. The molecule has 0 aromatic rings. The molecule has 0 aliphatic carbocycles. The molecule has 0 aliphatic rings. The number of hydrogen-bond donors (Lipinski definition) is 0. The lowest BCUT2D eigenvalue weighted by atomic mass is 10.1. The Morgan fingerprint density at radius 3 is 2.07 bits per heavy atom. The molecule has 0 aliphatic heterocycles. The summed E-state index contributed by atoms with van der Waals surface area (Å²) in [6.45, 7) is 9.19. The van der Waals surface area contributed by atoms with E-state index < -0.39 is 8.32 Å². The highest BCUT2D eigenvalue weighted by Gasteiger charge is 2.16. The largest absolute Gasteiger partial charge is 0.456 e. The fourth-order valence-corrected chi connectivity index (χ4v) is 1.30. The van der Waals surface area contributed by atoms with Crippen LogP contribution in [0.4, 0.5) is 0 Å². The Bertz CT molecular complexity index is 279. The Morgan fingerprint density at radius 1 is 1.13 bits per heavy atom. The second kappa shape index (κ2) is 5.80. The van der Waals surface area contributed by atoms with Gasteiger partial charge in [-0.2, -0.15) is 0 Å². The van der Waals surface area contributed by atoms with E-state index in [-0.39, 0.29) is 24.4 Å². The molecule has 0 bridgehead atoms. The number of carbonyl (C=O) groups excluding carboxylic acids is 2. The predicted octanol–water partition coefficient (Wildman–Crippen LogP) is 2.15. The maximum Gasteiger partial charge on any atom is 0.278 e. The zero-order valence-corrected chi connectivity index (χ0v) is 11.1. The van der Waals surface area contributed by atoms with Gasteiger partial charge < -0.3 is 4.53 Å². The summed E-state index contributed by atoms with van der Waals surface area (Å²) in [4.78, 5) is 21.9. The molecule has 0 rings (SSSR count). The van der Waals surface area contributed by atoms with Gasteiger partial charge >= 0.3 is 0 Å². The fraction of sp³-hybridized carbons (Fsp3) is 0.700. The van der Waals surface area contributed by atoms with E-state index in [9.17, 15) is 9.59 Å². The maximum absolute atomic E-state index is 11.2. The minimum Gasteiger partial charge on any atom is -0.456 e. The van der Waals surface area contributed by atoms with Gasteiger partial charge in [-0.1, -0.05) is 0 Å². The van der Waals surface area contributed by atoms with Gasteiger partial charge in [-0.3, -0.25) is 9.59 Å². The zero-order valence-electron chi connectivity index (χ0n) is 10.1. The number of ketones is 2. The Labute approximate surface area is 91.8 Å². The number of Topliss-reactive ketones (excluding diaryl/α,β-unsaturated/α-hetero) is 2. The molecule has 0 amide bonds. The van der Waals surface area contributed by atoms with E-state index >= 15 is 0 Å². The molecule has 0 fully saturated rings. The van der Waals surface area contributed by atoms with Crippen molar-refractivity contribution < 1.29 is 14.1 Å². The quantitative estimate of drug-likeness (QED) is 0.303. The average molecular weight is 229 g/mol. The predicted molar refractivity (Wildman–Crippen MR) is 62.5 cm³/mol. The topological polar surface area (TPSA) is 55.7 Å². The van der Waals surface area contributed by atoms with Crippen molar-refractivity contribution in [1.29, 1.82) is 0 Å². The van der Waals surface area contributed by atoms with Crippen molar-refractivity contribution in [2.45, 2.75) is 46.3 Å². The van der Waals surface area contributed by atoms with Crippen LogP contribution in [0.25, 0.3) is 0 Å². The molecular weight excluding hydrogens is 210 g/mol. The van der Waals surface area contributed by atoms with Gasteiger partial charge in [-0.15, -0.1) is 5.16 Å².